The number of aliphatic hydroxyl groups is 5. The van der Waals surface area contributed by atoms with E-state index in [0.29, 0.717) is 18.4 Å². The van der Waals surface area contributed by atoms with Gasteiger partial charge in [0, 0.05) is 29.7 Å². The Bertz CT molecular complexity index is 1510. The minimum absolute atomic E-state index is 0.0113. The van der Waals surface area contributed by atoms with Crippen molar-refractivity contribution in [1.82, 2.24) is 5.32 Å². The average Bonchev–Trinajstić information content (AvgIpc) is 2.99. The second-order valence-corrected chi connectivity index (χ2v) is 11.6. The van der Waals surface area contributed by atoms with Gasteiger partial charge in [-0.05, 0) is 37.1 Å². The molecular weight excluding hydrogens is 610 g/mol. The molecular formula is C31H37NO14. The summed E-state index contributed by atoms with van der Waals surface area (Å²) in [5, 5.41) is 75.3. The predicted octanol–water partition coefficient (Wildman–Crippen LogP) is -1.000. The Morgan fingerprint density at radius 3 is 2.24 bits per heavy atom. The third kappa shape index (κ3) is 6.08. The smallest absolute Gasteiger partial charge is 0.229 e. The number of fused-ring (bicyclic) bond motifs is 2. The second-order valence-electron chi connectivity index (χ2n) is 11.6. The van der Waals surface area contributed by atoms with Crippen molar-refractivity contribution in [3.63, 3.8) is 0 Å². The molecule has 1 amide bonds. The molecule has 0 aromatic heterocycles. The maximum atomic E-state index is 13.6. The summed E-state index contributed by atoms with van der Waals surface area (Å²) in [7, 11) is 0. The van der Waals surface area contributed by atoms with Crippen LogP contribution in [0.25, 0.3) is 0 Å². The number of aryl methyl sites for hydroxylation is 1. The maximum absolute atomic E-state index is 13.6. The number of nitrogens with one attached hydrogen (secondary N) is 1. The van der Waals surface area contributed by atoms with Gasteiger partial charge in [0.25, 0.3) is 0 Å². The van der Waals surface area contributed by atoms with Crippen molar-refractivity contribution in [2.75, 3.05) is 6.61 Å². The molecule has 15 nitrogen and oxygen atoms in total. The number of amides is 1. The van der Waals surface area contributed by atoms with Gasteiger partial charge < -0.3 is 60.0 Å². The number of hydrogen-bond acceptors (Lipinski definition) is 14. The van der Waals surface area contributed by atoms with E-state index >= 15 is 0 Å². The van der Waals surface area contributed by atoms with Crippen LogP contribution in [0.4, 0.5) is 0 Å². The Balaban J connectivity index is 1.51. The number of ketones is 2. The molecule has 46 heavy (non-hydrogen) atoms. The highest BCUT2D eigenvalue weighted by Crippen LogP contribution is 2.39. The molecule has 2 saturated heterocycles. The highest BCUT2D eigenvalue weighted by atomic mass is 16.7. The van der Waals surface area contributed by atoms with Gasteiger partial charge in [-0.1, -0.05) is 13.3 Å². The van der Waals surface area contributed by atoms with Crippen molar-refractivity contribution < 1.29 is 69.1 Å². The van der Waals surface area contributed by atoms with Crippen LogP contribution in [0.5, 0.6) is 17.2 Å². The van der Waals surface area contributed by atoms with Crippen molar-refractivity contribution in [3.8, 4) is 17.2 Å². The highest BCUT2D eigenvalue weighted by molar-refractivity contribution is 6.30. The molecule has 2 aliphatic heterocycles. The van der Waals surface area contributed by atoms with E-state index in [-0.39, 0.29) is 28.0 Å². The fourth-order valence-corrected chi connectivity index (χ4v) is 6.07. The summed E-state index contributed by atoms with van der Waals surface area (Å²) in [6.07, 6.45) is -12.5. The number of carbonyl (C=O) groups excluding carboxylic acids is 3. The first-order chi connectivity index (χ1) is 21.8. The summed E-state index contributed by atoms with van der Waals surface area (Å²) >= 11 is 0. The molecule has 0 spiro atoms. The van der Waals surface area contributed by atoms with Gasteiger partial charge in [-0.25, -0.2) is 0 Å². The number of benzene rings is 2. The summed E-state index contributed by atoms with van der Waals surface area (Å²) in [4.78, 5) is 39.0. The topological polar surface area (TPSA) is 242 Å². The quantitative estimate of drug-likeness (QED) is 0.146. The lowest BCUT2D eigenvalue weighted by molar-refractivity contribution is -0.340. The van der Waals surface area contributed by atoms with Crippen molar-refractivity contribution in [3.05, 3.63) is 52.1 Å². The summed E-state index contributed by atoms with van der Waals surface area (Å²) in [6.45, 7) is 3.75. The summed E-state index contributed by atoms with van der Waals surface area (Å²) < 4.78 is 23.5. The zero-order chi connectivity index (χ0) is 33.6. The van der Waals surface area contributed by atoms with Crippen LogP contribution in [-0.4, -0.2) is 121 Å². The first-order valence-corrected chi connectivity index (χ1v) is 14.8. The van der Waals surface area contributed by atoms with E-state index in [1.54, 1.807) is 0 Å². The zero-order valence-corrected chi connectivity index (χ0v) is 25.2. The SMILES string of the molecule is CCCc1cc(OC2OC(C)C(O)C(O)C2OC2OC(CO)C(O)C(O)C2NC(C)=O)cc2c1C(=O)c1c(O)cc(O)cc1C2=O. The van der Waals surface area contributed by atoms with Gasteiger partial charge in [-0.2, -0.15) is 0 Å². The first-order valence-electron chi connectivity index (χ1n) is 14.8. The van der Waals surface area contributed by atoms with Crippen LogP contribution < -0.4 is 10.1 Å². The van der Waals surface area contributed by atoms with Gasteiger partial charge in [0.05, 0.1) is 18.3 Å². The van der Waals surface area contributed by atoms with Crippen LogP contribution in [0.3, 0.4) is 0 Å². The number of carbonyl (C=O) groups is 3. The number of hydrogen-bond donors (Lipinski definition) is 8. The number of phenols is 2. The van der Waals surface area contributed by atoms with E-state index in [0.717, 1.165) is 19.1 Å². The number of aromatic hydroxyl groups is 2. The van der Waals surface area contributed by atoms with Crippen molar-refractivity contribution in [2.45, 2.75) is 95.0 Å². The van der Waals surface area contributed by atoms with Gasteiger partial charge in [0.15, 0.2) is 24.0 Å². The minimum atomic E-state index is -1.68. The van der Waals surface area contributed by atoms with E-state index in [9.17, 15) is 50.1 Å². The van der Waals surface area contributed by atoms with Crippen molar-refractivity contribution >= 4 is 17.5 Å². The van der Waals surface area contributed by atoms with Gasteiger partial charge in [0.2, 0.25) is 12.2 Å². The van der Waals surface area contributed by atoms with Crippen molar-refractivity contribution in [2.24, 2.45) is 0 Å². The minimum Gasteiger partial charge on any atom is -0.508 e. The number of aliphatic hydroxyl groups excluding tert-OH is 5. The van der Waals surface area contributed by atoms with Crippen LogP contribution in [0.1, 0.15) is 64.6 Å². The first kappa shape index (κ1) is 33.7. The van der Waals surface area contributed by atoms with Crippen molar-refractivity contribution in [1.29, 1.82) is 0 Å². The van der Waals surface area contributed by atoms with Crippen LogP contribution >= 0.6 is 0 Å². The molecule has 2 heterocycles. The molecule has 2 fully saturated rings. The van der Waals surface area contributed by atoms with E-state index in [1.807, 2.05) is 6.92 Å². The van der Waals surface area contributed by atoms with E-state index in [1.165, 1.54) is 19.1 Å². The Labute approximate surface area is 262 Å². The van der Waals surface area contributed by atoms with Gasteiger partial charge in [0.1, 0.15) is 53.8 Å². The molecule has 3 aliphatic rings. The Morgan fingerprint density at radius 2 is 1.59 bits per heavy atom. The molecule has 2 aromatic carbocycles. The monoisotopic (exact) mass is 647 g/mol. The normalized spacial score (nSPS) is 32.4. The molecule has 2 aromatic rings. The average molecular weight is 648 g/mol. The van der Waals surface area contributed by atoms with Gasteiger partial charge >= 0.3 is 0 Å². The van der Waals surface area contributed by atoms with Crippen LogP contribution in [0, 0.1) is 0 Å². The zero-order valence-electron chi connectivity index (χ0n) is 25.2. The summed E-state index contributed by atoms with van der Waals surface area (Å²) in [6, 6.07) is 3.45. The molecule has 10 unspecified atom stereocenters. The molecule has 250 valence electrons. The van der Waals surface area contributed by atoms with Gasteiger partial charge in [-0.3, -0.25) is 14.4 Å². The molecule has 10 atom stereocenters. The van der Waals surface area contributed by atoms with Gasteiger partial charge in [-0.15, -0.1) is 0 Å². The molecule has 0 bridgehead atoms. The van der Waals surface area contributed by atoms with E-state index < -0.39 is 96.9 Å². The van der Waals surface area contributed by atoms with Crippen LogP contribution in [0.2, 0.25) is 0 Å². The number of rotatable bonds is 8. The number of phenolic OH excluding ortho intramolecular Hbond substituents is 2. The molecule has 0 saturated carbocycles. The fourth-order valence-electron chi connectivity index (χ4n) is 6.07. The third-order valence-electron chi connectivity index (χ3n) is 8.34. The van der Waals surface area contributed by atoms with E-state index in [4.69, 9.17) is 18.9 Å². The lowest BCUT2D eigenvalue weighted by Crippen LogP contribution is -2.67. The molecule has 1 aliphatic carbocycles. The predicted molar refractivity (Wildman–Crippen MR) is 154 cm³/mol. The van der Waals surface area contributed by atoms with Crippen LogP contribution in [-0.2, 0) is 25.4 Å². The highest BCUT2D eigenvalue weighted by Gasteiger charge is 2.51. The van der Waals surface area contributed by atoms with Crippen LogP contribution in [0.15, 0.2) is 24.3 Å². The third-order valence-corrected chi connectivity index (χ3v) is 8.34. The molecule has 0 radical (unpaired) electrons. The Hall–Kier alpha value is -3.67. The number of ether oxygens (including phenoxy) is 4. The Kier molecular flexibility index (Phi) is 9.68. The fraction of sp³-hybridized carbons (Fsp3) is 0.516. The lowest BCUT2D eigenvalue weighted by atomic mass is 9.80. The Morgan fingerprint density at radius 1 is 0.891 bits per heavy atom. The maximum Gasteiger partial charge on any atom is 0.229 e. The molecule has 15 heteroatoms. The summed E-state index contributed by atoms with van der Waals surface area (Å²) in [5.41, 5.74) is -0.0157. The largest absolute Gasteiger partial charge is 0.508 e. The molecule has 8 N–H and O–H groups in total. The van der Waals surface area contributed by atoms with E-state index in [2.05, 4.69) is 5.32 Å². The lowest BCUT2D eigenvalue weighted by Gasteiger charge is -2.46. The standard InChI is InChI=1S/C31H37NO14/c1-4-5-13-6-15(9-17-20(13)26(40)21-16(24(17)38)7-14(35)8-18(21)36)44-31-29(28(42)23(37)11(2)43-31)46-30-22(32-12(3)34)27(41)25(39)19(10-33)45-30/h6-9,11,19,22-23,25,27-31,33,35-37,39,41-42H,4-5,10H2,1-3H3,(H,32,34). The molecule has 5 rings (SSSR count). The second kappa shape index (κ2) is 13.2. The summed E-state index contributed by atoms with van der Waals surface area (Å²) in [5.74, 6) is -2.83.